The lowest BCUT2D eigenvalue weighted by molar-refractivity contribution is -0.122. The lowest BCUT2D eigenvalue weighted by Crippen LogP contribution is -2.42. The number of amides is 2. The van der Waals surface area contributed by atoms with Crippen molar-refractivity contribution in [3.63, 3.8) is 0 Å². The molecule has 1 atom stereocenters. The fraction of sp³-hybridized carbons (Fsp3) is 0.333. The SMILES string of the molecule is O=C(CC1C=CCC1)NNC(=O)c1ccc[nH]1. The van der Waals surface area contributed by atoms with Crippen molar-refractivity contribution < 1.29 is 9.59 Å². The number of carbonyl (C=O) groups is 2. The molecule has 17 heavy (non-hydrogen) atoms. The Morgan fingerprint density at radius 1 is 1.41 bits per heavy atom. The molecule has 0 fully saturated rings. The van der Waals surface area contributed by atoms with Gasteiger partial charge in [0.1, 0.15) is 5.69 Å². The van der Waals surface area contributed by atoms with Gasteiger partial charge >= 0.3 is 0 Å². The maximum atomic E-state index is 11.5. The van der Waals surface area contributed by atoms with Gasteiger partial charge in [0.2, 0.25) is 5.91 Å². The minimum Gasteiger partial charge on any atom is -0.357 e. The van der Waals surface area contributed by atoms with Gasteiger partial charge in [0, 0.05) is 12.6 Å². The number of allylic oxidation sites excluding steroid dienone is 2. The van der Waals surface area contributed by atoms with E-state index in [-0.39, 0.29) is 11.8 Å². The van der Waals surface area contributed by atoms with Crippen LogP contribution in [0.1, 0.15) is 29.8 Å². The van der Waals surface area contributed by atoms with Gasteiger partial charge in [-0.1, -0.05) is 12.2 Å². The van der Waals surface area contributed by atoms with Gasteiger partial charge in [0.15, 0.2) is 0 Å². The molecule has 0 bridgehead atoms. The van der Waals surface area contributed by atoms with E-state index in [1.165, 1.54) is 0 Å². The highest BCUT2D eigenvalue weighted by Crippen LogP contribution is 2.19. The monoisotopic (exact) mass is 233 g/mol. The van der Waals surface area contributed by atoms with Crippen LogP contribution in [0.15, 0.2) is 30.5 Å². The number of carbonyl (C=O) groups excluding carboxylic acids is 2. The van der Waals surface area contributed by atoms with Gasteiger partial charge in [-0.2, -0.15) is 0 Å². The minimum atomic E-state index is -0.342. The Morgan fingerprint density at radius 2 is 2.29 bits per heavy atom. The van der Waals surface area contributed by atoms with Crippen LogP contribution in [0, 0.1) is 5.92 Å². The summed E-state index contributed by atoms with van der Waals surface area (Å²) in [5.41, 5.74) is 5.19. The van der Waals surface area contributed by atoms with Crippen molar-refractivity contribution in [3.05, 3.63) is 36.2 Å². The molecule has 1 unspecified atom stereocenters. The second kappa shape index (κ2) is 5.34. The summed E-state index contributed by atoms with van der Waals surface area (Å²) in [7, 11) is 0. The predicted molar refractivity (Wildman–Crippen MR) is 62.9 cm³/mol. The number of H-pyrrole nitrogens is 1. The van der Waals surface area contributed by atoms with E-state index in [0.717, 1.165) is 12.8 Å². The number of aromatic amines is 1. The molecular formula is C12H15N3O2. The second-order valence-electron chi connectivity index (χ2n) is 4.06. The molecule has 90 valence electrons. The average Bonchev–Trinajstić information content (AvgIpc) is 2.97. The first-order valence-corrected chi connectivity index (χ1v) is 5.65. The lowest BCUT2D eigenvalue weighted by Gasteiger charge is -2.09. The topological polar surface area (TPSA) is 74.0 Å². The molecule has 0 aromatic carbocycles. The Balaban J connectivity index is 1.72. The van der Waals surface area contributed by atoms with Gasteiger partial charge in [-0.3, -0.25) is 20.4 Å². The predicted octanol–water partition coefficient (Wildman–Crippen LogP) is 1.13. The highest BCUT2D eigenvalue weighted by atomic mass is 16.2. The Kier molecular flexibility index (Phi) is 3.59. The van der Waals surface area contributed by atoms with Crippen LogP contribution >= 0.6 is 0 Å². The van der Waals surface area contributed by atoms with Crippen molar-refractivity contribution in [2.75, 3.05) is 0 Å². The van der Waals surface area contributed by atoms with E-state index in [1.807, 2.05) is 6.08 Å². The van der Waals surface area contributed by atoms with E-state index < -0.39 is 0 Å². The average molecular weight is 233 g/mol. The number of hydrazine groups is 1. The van der Waals surface area contributed by atoms with Crippen LogP contribution in [0.5, 0.6) is 0 Å². The fourth-order valence-corrected chi connectivity index (χ4v) is 1.82. The van der Waals surface area contributed by atoms with Crippen LogP contribution in [0.4, 0.5) is 0 Å². The standard InChI is InChI=1S/C12H15N3O2/c16-11(8-9-4-1-2-5-9)14-15-12(17)10-6-3-7-13-10/h1,3-4,6-7,9,13H,2,5,8H2,(H,14,16)(H,15,17). The highest BCUT2D eigenvalue weighted by Gasteiger charge is 2.14. The van der Waals surface area contributed by atoms with Crippen LogP contribution in [0.2, 0.25) is 0 Å². The summed E-state index contributed by atoms with van der Waals surface area (Å²) in [6.45, 7) is 0. The van der Waals surface area contributed by atoms with Crippen LogP contribution < -0.4 is 10.9 Å². The van der Waals surface area contributed by atoms with E-state index in [1.54, 1.807) is 18.3 Å². The normalized spacial score (nSPS) is 18.0. The van der Waals surface area contributed by atoms with Crippen molar-refractivity contribution >= 4 is 11.8 Å². The van der Waals surface area contributed by atoms with Gasteiger partial charge < -0.3 is 4.98 Å². The second-order valence-corrected chi connectivity index (χ2v) is 4.06. The zero-order chi connectivity index (χ0) is 12.1. The Morgan fingerprint density at radius 3 is 2.94 bits per heavy atom. The van der Waals surface area contributed by atoms with E-state index in [9.17, 15) is 9.59 Å². The van der Waals surface area contributed by atoms with Crippen LogP contribution in [-0.2, 0) is 4.79 Å². The molecule has 2 amide bonds. The molecule has 5 nitrogen and oxygen atoms in total. The summed E-state index contributed by atoms with van der Waals surface area (Å²) >= 11 is 0. The first kappa shape index (κ1) is 11.4. The Bertz CT molecular complexity index is 423. The third-order valence-corrected chi connectivity index (χ3v) is 2.72. The van der Waals surface area contributed by atoms with Crippen LogP contribution in [0.3, 0.4) is 0 Å². The van der Waals surface area contributed by atoms with Crippen molar-refractivity contribution in [3.8, 4) is 0 Å². The molecule has 0 spiro atoms. The third kappa shape index (κ3) is 3.21. The van der Waals surface area contributed by atoms with Crippen molar-refractivity contribution in [1.82, 2.24) is 15.8 Å². The third-order valence-electron chi connectivity index (χ3n) is 2.72. The van der Waals surface area contributed by atoms with Crippen molar-refractivity contribution in [1.29, 1.82) is 0 Å². The van der Waals surface area contributed by atoms with Gasteiger partial charge in [-0.25, -0.2) is 0 Å². The first-order chi connectivity index (χ1) is 8.25. The summed E-state index contributed by atoms with van der Waals surface area (Å²) in [4.78, 5) is 25.7. The van der Waals surface area contributed by atoms with E-state index in [0.29, 0.717) is 18.0 Å². The Hall–Kier alpha value is -2.04. The first-order valence-electron chi connectivity index (χ1n) is 5.65. The number of nitrogens with one attached hydrogen (secondary N) is 3. The van der Waals surface area contributed by atoms with Gasteiger partial charge in [0.25, 0.3) is 5.91 Å². The lowest BCUT2D eigenvalue weighted by atomic mass is 10.1. The smallest absolute Gasteiger partial charge is 0.286 e. The highest BCUT2D eigenvalue weighted by molar-refractivity contribution is 5.93. The number of hydrogen-bond donors (Lipinski definition) is 3. The minimum absolute atomic E-state index is 0.165. The van der Waals surface area contributed by atoms with Crippen molar-refractivity contribution in [2.24, 2.45) is 5.92 Å². The van der Waals surface area contributed by atoms with Gasteiger partial charge in [0.05, 0.1) is 0 Å². The Labute approximate surface area is 99.3 Å². The molecule has 1 aliphatic carbocycles. The number of aromatic nitrogens is 1. The molecule has 3 N–H and O–H groups in total. The largest absolute Gasteiger partial charge is 0.357 e. The molecule has 0 radical (unpaired) electrons. The quantitative estimate of drug-likeness (QED) is 0.541. The molecule has 1 aromatic rings. The summed E-state index contributed by atoms with van der Waals surface area (Å²) in [5, 5.41) is 0. The summed E-state index contributed by atoms with van der Waals surface area (Å²) in [6.07, 6.45) is 8.24. The fourth-order valence-electron chi connectivity index (χ4n) is 1.82. The van der Waals surface area contributed by atoms with Crippen LogP contribution in [0.25, 0.3) is 0 Å². The maximum absolute atomic E-state index is 11.5. The molecule has 0 saturated heterocycles. The van der Waals surface area contributed by atoms with E-state index in [4.69, 9.17) is 0 Å². The van der Waals surface area contributed by atoms with Crippen LogP contribution in [-0.4, -0.2) is 16.8 Å². The summed E-state index contributed by atoms with van der Waals surface area (Å²) < 4.78 is 0. The summed E-state index contributed by atoms with van der Waals surface area (Å²) in [6, 6.07) is 3.36. The van der Waals surface area contributed by atoms with E-state index >= 15 is 0 Å². The zero-order valence-electron chi connectivity index (χ0n) is 9.40. The molecule has 5 heteroatoms. The molecule has 1 aliphatic rings. The maximum Gasteiger partial charge on any atom is 0.286 e. The van der Waals surface area contributed by atoms with E-state index in [2.05, 4.69) is 21.9 Å². The zero-order valence-corrected chi connectivity index (χ0v) is 9.40. The summed E-state index contributed by atoms with van der Waals surface area (Å²) in [5.74, 6) is -0.204. The molecule has 2 rings (SSSR count). The van der Waals surface area contributed by atoms with Gasteiger partial charge in [-0.15, -0.1) is 0 Å². The molecule has 0 saturated carbocycles. The molecular weight excluding hydrogens is 218 g/mol. The molecule has 1 aromatic heterocycles. The number of rotatable bonds is 3. The van der Waals surface area contributed by atoms with Gasteiger partial charge in [-0.05, 0) is 30.9 Å². The van der Waals surface area contributed by atoms with Crippen molar-refractivity contribution in [2.45, 2.75) is 19.3 Å². The molecule has 1 heterocycles. The molecule has 0 aliphatic heterocycles. The number of hydrogen-bond acceptors (Lipinski definition) is 2.